The highest BCUT2D eigenvalue weighted by atomic mass is 16.2. The predicted octanol–water partition coefficient (Wildman–Crippen LogP) is -6.26. The van der Waals surface area contributed by atoms with Crippen LogP contribution in [0.2, 0.25) is 0 Å². The van der Waals surface area contributed by atoms with Crippen LogP contribution in [0, 0.1) is 59.2 Å². The lowest BCUT2D eigenvalue weighted by Gasteiger charge is -2.28. The lowest BCUT2D eigenvalue weighted by atomic mass is 9.96. The molecule has 31 heteroatoms. The molecule has 8 fully saturated rings. The van der Waals surface area contributed by atoms with Gasteiger partial charge in [0.2, 0.25) is 70.9 Å². The van der Waals surface area contributed by atoms with Crippen molar-refractivity contribution in [3.05, 3.63) is 0 Å². The Morgan fingerprint density at radius 3 is 0.989 bits per heavy atom. The first-order valence-corrected chi connectivity index (χ1v) is 34.9. The van der Waals surface area contributed by atoms with E-state index in [0.29, 0.717) is 84.6 Å². The molecular formula is C64H109N19O12. The Bertz CT molecular complexity index is 2740. The minimum atomic E-state index is -0.678. The minimum Gasteiger partial charge on any atom is -0.369 e. The summed E-state index contributed by atoms with van der Waals surface area (Å²) in [5, 5.41) is 52.0. The Labute approximate surface area is 557 Å². The molecule has 8 aliphatic rings. The molecule has 0 radical (unpaired) electrons. The minimum absolute atomic E-state index is 0.0191. The maximum Gasteiger partial charge on any atom is 0.226 e. The quantitative estimate of drug-likeness (QED) is 0.0307. The van der Waals surface area contributed by atoms with Crippen molar-refractivity contribution >= 4 is 70.9 Å². The molecule has 6 heterocycles. The van der Waals surface area contributed by atoms with Crippen LogP contribution in [0.3, 0.4) is 0 Å². The van der Waals surface area contributed by atoms with Crippen LogP contribution in [0.25, 0.3) is 0 Å². The molecule has 532 valence electrons. The summed E-state index contributed by atoms with van der Waals surface area (Å²) in [5.41, 5.74) is 11.7. The first kappa shape index (κ1) is 74.2. The fraction of sp³-hybridized carbons (Fsp3) is 0.812. The smallest absolute Gasteiger partial charge is 0.226 e. The van der Waals surface area contributed by atoms with Gasteiger partial charge >= 0.3 is 0 Å². The van der Waals surface area contributed by atoms with E-state index >= 15 is 0 Å². The lowest BCUT2D eigenvalue weighted by Crippen LogP contribution is -2.54. The summed E-state index contributed by atoms with van der Waals surface area (Å²) < 4.78 is 0. The zero-order chi connectivity index (χ0) is 68.6. The van der Waals surface area contributed by atoms with E-state index in [2.05, 4.69) is 90.4 Å². The van der Waals surface area contributed by atoms with E-state index in [-0.39, 0.29) is 140 Å². The van der Waals surface area contributed by atoms with E-state index in [1.54, 1.807) is 13.8 Å². The summed E-state index contributed by atoms with van der Waals surface area (Å²) >= 11 is 0. The molecule has 6 saturated heterocycles. The SMILES string of the molecule is CC(C)C[C@@H](CC(=O)N[C@H]1CNC[C@@H]1C(=O)N[C@H]1CNC[C@@H]1C(N)=O)NC(=O)[C@H]1CNC[C@@H]1NC(=O)C[C@H](CC(C)C)NC(=O)[C@H]1CNC[C@@H]1NC(=O)[C@H]1CNC[C@@H]1NC(=O)C[C@H](C)NC(=O)[C@H]1CNC[C@@H]1NC(=O)C[C@H](C)NC(=O)[C@H]1CCC[C@@H]1NC(=O)[C@H]1CCC[C@@H]1N. The van der Waals surface area contributed by atoms with Crippen molar-refractivity contribution in [3.63, 3.8) is 0 Å². The van der Waals surface area contributed by atoms with Crippen LogP contribution >= 0.6 is 0 Å². The molecule has 2 aliphatic carbocycles. The van der Waals surface area contributed by atoms with Crippen molar-refractivity contribution in [2.24, 2.45) is 70.6 Å². The normalized spacial score (nSPS) is 31.5. The first-order valence-electron chi connectivity index (χ1n) is 34.9. The molecule has 31 nitrogen and oxygen atoms in total. The number of nitrogens with one attached hydrogen (secondary N) is 17. The van der Waals surface area contributed by atoms with E-state index < -0.39 is 108 Å². The van der Waals surface area contributed by atoms with Crippen LogP contribution < -0.4 is 102 Å². The zero-order valence-corrected chi connectivity index (χ0v) is 56.2. The maximum atomic E-state index is 14.1. The van der Waals surface area contributed by atoms with E-state index in [4.69, 9.17) is 11.5 Å². The van der Waals surface area contributed by atoms with Gasteiger partial charge in [-0.25, -0.2) is 0 Å². The van der Waals surface area contributed by atoms with Gasteiger partial charge in [0.25, 0.3) is 0 Å². The topological polar surface area (TPSA) is 461 Å². The van der Waals surface area contributed by atoms with Crippen molar-refractivity contribution in [1.82, 2.24) is 90.4 Å². The van der Waals surface area contributed by atoms with Gasteiger partial charge in [0.15, 0.2) is 0 Å². The Morgan fingerprint density at radius 2 is 0.621 bits per heavy atom. The maximum absolute atomic E-state index is 14.1. The zero-order valence-electron chi connectivity index (χ0n) is 56.2. The molecule has 0 aromatic heterocycles. The summed E-state index contributed by atoms with van der Waals surface area (Å²) in [7, 11) is 0. The van der Waals surface area contributed by atoms with Crippen LogP contribution in [0.4, 0.5) is 0 Å². The number of hydrogen-bond acceptors (Lipinski definition) is 19. The lowest BCUT2D eigenvalue weighted by molar-refractivity contribution is -0.131. The molecule has 12 amide bonds. The van der Waals surface area contributed by atoms with Gasteiger partial charge in [0.1, 0.15) is 0 Å². The molecule has 6 aliphatic heterocycles. The monoisotopic (exact) mass is 1340 g/mol. The molecule has 8 rings (SSSR count). The summed E-state index contributed by atoms with van der Waals surface area (Å²) in [6.07, 6.45) is 5.34. The van der Waals surface area contributed by atoms with Gasteiger partial charge in [-0.05, 0) is 64.2 Å². The highest BCUT2D eigenvalue weighted by Crippen LogP contribution is 2.30. The number of carbonyl (C=O) groups excluding carboxylic acids is 12. The van der Waals surface area contributed by atoms with Crippen molar-refractivity contribution in [2.75, 3.05) is 78.5 Å². The highest BCUT2D eigenvalue weighted by molar-refractivity contribution is 5.89. The molecule has 0 bridgehead atoms. The standard InChI is InChI=1S/C64H109N19O12/c1-31(2)13-35(17-56(87)80-51-29-71-23-43(51)63(94)82-47-25-67-19-39(47)57(66)88)75-61(92)41-21-69-27-49(41)79-55(86)18-36(14-32(3)4)76-62(93)44-24-72-30-52(44)83-64(95)42-22-70-28-50(42)78-54(85)16-34(6)74-60(91)40-20-68-26-48(40)77-53(84)15-33(5)73-59(90)38-10-8-12-46(38)81-58(89)37-9-7-11-45(37)65/h31-52,67-72H,7-30,65H2,1-6H3,(H2,66,88)(H,73,90)(H,74,91)(H,75,92)(H,76,93)(H,77,84)(H,78,85)(H,79,86)(H,80,87)(H,81,89)(H,82,94)(H,83,95)/t33-,34-,35-,36-,37-,38-,39-,40-,41-,42-,43-,44-,45-,46-,47-,48-,49-,50-,51-,52-/m0/s1. The molecule has 20 atom stereocenters. The number of nitrogens with two attached hydrogens (primary N) is 2. The average Bonchev–Trinajstić information content (AvgIpc) is 1.77. The van der Waals surface area contributed by atoms with E-state index in [1.165, 1.54) is 0 Å². The molecule has 21 N–H and O–H groups in total. The van der Waals surface area contributed by atoms with E-state index in [0.717, 1.165) is 25.7 Å². The van der Waals surface area contributed by atoms with Crippen LogP contribution in [-0.4, -0.2) is 222 Å². The second kappa shape index (κ2) is 35.0. The van der Waals surface area contributed by atoms with Gasteiger partial charge in [0, 0.05) is 140 Å². The molecule has 95 heavy (non-hydrogen) atoms. The van der Waals surface area contributed by atoms with E-state index in [9.17, 15) is 57.5 Å². The van der Waals surface area contributed by atoms with Crippen LogP contribution in [-0.2, 0) is 57.5 Å². The molecule has 0 aromatic carbocycles. The Kier molecular flexibility index (Phi) is 27.4. The summed E-state index contributed by atoms with van der Waals surface area (Å²) in [4.78, 5) is 162. The summed E-state index contributed by atoms with van der Waals surface area (Å²) in [6.45, 7) is 15.3. The van der Waals surface area contributed by atoms with Crippen molar-refractivity contribution in [1.29, 1.82) is 0 Å². The third-order valence-electron chi connectivity index (χ3n) is 20.3. The third-order valence-corrected chi connectivity index (χ3v) is 20.3. The van der Waals surface area contributed by atoms with E-state index in [1.807, 2.05) is 27.7 Å². The fourth-order valence-corrected chi connectivity index (χ4v) is 15.3. The van der Waals surface area contributed by atoms with Gasteiger partial charge in [-0.1, -0.05) is 40.5 Å². The highest BCUT2D eigenvalue weighted by Gasteiger charge is 2.44. The van der Waals surface area contributed by atoms with Gasteiger partial charge in [-0.15, -0.1) is 0 Å². The molecule has 0 unspecified atom stereocenters. The number of rotatable bonds is 31. The number of hydrogen-bond donors (Lipinski definition) is 19. The van der Waals surface area contributed by atoms with Crippen LogP contribution in [0.5, 0.6) is 0 Å². The fourth-order valence-electron chi connectivity index (χ4n) is 15.3. The Hall–Kier alpha value is -6.64. The van der Waals surface area contributed by atoms with Crippen molar-refractivity contribution in [2.45, 2.75) is 191 Å². The molecular weight excluding hydrogens is 1230 g/mol. The van der Waals surface area contributed by atoms with Gasteiger partial charge in [-0.3, -0.25) is 57.5 Å². The molecule has 0 aromatic rings. The third kappa shape index (κ3) is 21.2. The Balaban J connectivity index is 0.742. The largest absolute Gasteiger partial charge is 0.369 e. The molecule has 2 saturated carbocycles. The van der Waals surface area contributed by atoms with Gasteiger partial charge in [-0.2, -0.15) is 0 Å². The van der Waals surface area contributed by atoms with Crippen LogP contribution in [0.1, 0.15) is 119 Å². The van der Waals surface area contributed by atoms with Crippen molar-refractivity contribution in [3.8, 4) is 0 Å². The number of carbonyl (C=O) groups is 12. The number of primary amides is 1. The number of amides is 12. The predicted molar refractivity (Wildman–Crippen MR) is 350 cm³/mol. The van der Waals surface area contributed by atoms with Gasteiger partial charge in [0.05, 0.1) is 83.6 Å². The summed E-state index contributed by atoms with van der Waals surface area (Å²) in [6, 6.07) is -5.95. The van der Waals surface area contributed by atoms with Crippen LogP contribution in [0.15, 0.2) is 0 Å². The molecule has 0 spiro atoms. The first-order chi connectivity index (χ1) is 45.3. The second-order valence-electron chi connectivity index (χ2n) is 29.1. The average molecular weight is 1340 g/mol. The Morgan fingerprint density at radius 1 is 0.326 bits per heavy atom. The summed E-state index contributed by atoms with van der Waals surface area (Å²) in [5.74, 6) is -8.07. The van der Waals surface area contributed by atoms with Crippen molar-refractivity contribution < 1.29 is 57.5 Å². The second-order valence-corrected chi connectivity index (χ2v) is 29.1. The van der Waals surface area contributed by atoms with Gasteiger partial charge < -0.3 is 102 Å².